The Morgan fingerprint density at radius 2 is 2.22 bits per heavy atom. The molecule has 0 aliphatic carbocycles. The van der Waals surface area contributed by atoms with E-state index < -0.39 is 17.8 Å². The third kappa shape index (κ3) is 2.28. The highest BCUT2D eigenvalue weighted by molar-refractivity contribution is 9.10. The van der Waals surface area contributed by atoms with E-state index in [2.05, 4.69) is 21.0 Å². The Labute approximate surface area is 113 Å². The smallest absolute Gasteiger partial charge is 0.324 e. The molecule has 1 aliphatic rings. The first kappa shape index (κ1) is 12.8. The topological polar surface area (TPSA) is 59.0 Å². The molecule has 1 aromatic rings. The molecule has 0 aromatic heterocycles. The van der Waals surface area contributed by atoms with Crippen molar-refractivity contribution in [3.05, 3.63) is 28.7 Å². The van der Waals surface area contributed by atoms with Gasteiger partial charge < -0.3 is 4.74 Å². The fraction of sp³-hybridized carbons (Fsp3) is 0.250. The van der Waals surface area contributed by atoms with Crippen LogP contribution >= 0.6 is 15.9 Å². The van der Waals surface area contributed by atoms with Crippen molar-refractivity contribution in [2.75, 3.05) is 11.6 Å². The minimum absolute atomic E-state index is 0.242. The SMILES string of the molecule is CCOC(=O)C1C=NN(c2ccccc2Br)C1=O. The summed E-state index contributed by atoms with van der Waals surface area (Å²) in [6, 6.07) is 7.17. The highest BCUT2D eigenvalue weighted by Gasteiger charge is 2.36. The van der Waals surface area contributed by atoms with Gasteiger partial charge in [-0.05, 0) is 35.0 Å². The Kier molecular flexibility index (Phi) is 3.76. The average molecular weight is 311 g/mol. The molecule has 0 spiro atoms. The summed E-state index contributed by atoms with van der Waals surface area (Å²) in [5, 5.41) is 5.16. The molecular formula is C12H11BrN2O3. The molecule has 0 bridgehead atoms. The first-order valence-corrected chi connectivity index (χ1v) is 6.23. The average Bonchev–Trinajstić information content (AvgIpc) is 2.72. The quantitative estimate of drug-likeness (QED) is 0.633. The lowest BCUT2D eigenvalue weighted by molar-refractivity contribution is -0.147. The molecule has 0 fully saturated rings. The Morgan fingerprint density at radius 1 is 1.50 bits per heavy atom. The van der Waals surface area contributed by atoms with E-state index in [4.69, 9.17) is 4.74 Å². The predicted molar refractivity (Wildman–Crippen MR) is 70.2 cm³/mol. The fourth-order valence-electron chi connectivity index (χ4n) is 1.58. The number of amides is 1. The fourth-order valence-corrected chi connectivity index (χ4v) is 2.04. The largest absolute Gasteiger partial charge is 0.465 e. The molecule has 0 radical (unpaired) electrons. The number of nitrogens with zero attached hydrogens (tertiary/aromatic N) is 2. The van der Waals surface area contributed by atoms with Crippen LogP contribution < -0.4 is 5.01 Å². The molecule has 0 saturated carbocycles. The summed E-state index contributed by atoms with van der Waals surface area (Å²) in [4.78, 5) is 23.6. The third-order valence-electron chi connectivity index (χ3n) is 2.43. The van der Waals surface area contributed by atoms with E-state index in [1.165, 1.54) is 11.2 Å². The second kappa shape index (κ2) is 5.30. The number of carbonyl (C=O) groups excluding carboxylic acids is 2. The molecule has 6 heteroatoms. The van der Waals surface area contributed by atoms with Gasteiger partial charge in [0.1, 0.15) is 0 Å². The van der Waals surface area contributed by atoms with Gasteiger partial charge in [-0.25, -0.2) is 0 Å². The lowest BCUT2D eigenvalue weighted by Gasteiger charge is -2.15. The molecule has 1 aliphatic heterocycles. The van der Waals surface area contributed by atoms with Gasteiger partial charge in [0.25, 0.3) is 5.91 Å². The summed E-state index contributed by atoms with van der Waals surface area (Å²) >= 11 is 3.34. The van der Waals surface area contributed by atoms with Gasteiger partial charge in [-0.1, -0.05) is 12.1 Å². The van der Waals surface area contributed by atoms with E-state index >= 15 is 0 Å². The van der Waals surface area contributed by atoms with Gasteiger partial charge in [-0.15, -0.1) is 0 Å². The second-order valence-electron chi connectivity index (χ2n) is 3.60. The van der Waals surface area contributed by atoms with E-state index in [1.54, 1.807) is 25.1 Å². The zero-order valence-electron chi connectivity index (χ0n) is 9.67. The van der Waals surface area contributed by atoms with Crippen molar-refractivity contribution in [1.82, 2.24) is 0 Å². The molecule has 94 valence electrons. The molecule has 0 N–H and O–H groups in total. The predicted octanol–water partition coefficient (Wildman–Crippen LogP) is 1.96. The summed E-state index contributed by atoms with van der Waals surface area (Å²) in [5.74, 6) is -1.92. The summed E-state index contributed by atoms with van der Waals surface area (Å²) in [7, 11) is 0. The number of benzene rings is 1. The Morgan fingerprint density at radius 3 is 2.89 bits per heavy atom. The minimum atomic E-state index is -0.947. The maximum atomic E-state index is 12.1. The van der Waals surface area contributed by atoms with Crippen molar-refractivity contribution < 1.29 is 14.3 Å². The van der Waals surface area contributed by atoms with Crippen molar-refractivity contribution >= 4 is 39.7 Å². The maximum absolute atomic E-state index is 12.1. The summed E-state index contributed by atoms with van der Waals surface area (Å²) < 4.78 is 5.56. The van der Waals surface area contributed by atoms with E-state index in [1.807, 2.05) is 6.07 Å². The van der Waals surface area contributed by atoms with Crippen LogP contribution in [0.15, 0.2) is 33.8 Å². The highest BCUT2D eigenvalue weighted by atomic mass is 79.9. The van der Waals surface area contributed by atoms with Crippen LogP contribution in [-0.2, 0) is 14.3 Å². The van der Waals surface area contributed by atoms with E-state index in [0.29, 0.717) is 5.69 Å². The van der Waals surface area contributed by atoms with Gasteiger partial charge >= 0.3 is 5.97 Å². The molecule has 5 nitrogen and oxygen atoms in total. The van der Waals surface area contributed by atoms with Crippen LogP contribution in [0, 0.1) is 5.92 Å². The Hall–Kier alpha value is -1.69. The molecule has 0 saturated heterocycles. The second-order valence-corrected chi connectivity index (χ2v) is 4.45. The number of esters is 1. The van der Waals surface area contributed by atoms with Gasteiger partial charge in [0.2, 0.25) is 0 Å². The van der Waals surface area contributed by atoms with Gasteiger partial charge in [-0.3, -0.25) is 9.59 Å². The van der Waals surface area contributed by atoms with Crippen molar-refractivity contribution in [2.45, 2.75) is 6.92 Å². The third-order valence-corrected chi connectivity index (χ3v) is 3.10. The van der Waals surface area contributed by atoms with Crippen LogP contribution in [0.1, 0.15) is 6.92 Å². The van der Waals surface area contributed by atoms with Crippen LogP contribution in [0.3, 0.4) is 0 Å². The number of carbonyl (C=O) groups is 2. The summed E-state index contributed by atoms with van der Waals surface area (Å²) in [6.45, 7) is 1.94. The number of rotatable bonds is 3. The number of ether oxygens (including phenoxy) is 1. The zero-order chi connectivity index (χ0) is 13.1. The Balaban J connectivity index is 2.21. The zero-order valence-corrected chi connectivity index (χ0v) is 11.3. The van der Waals surface area contributed by atoms with Gasteiger partial charge in [0, 0.05) is 10.7 Å². The van der Waals surface area contributed by atoms with Crippen molar-refractivity contribution in [3.8, 4) is 0 Å². The Bertz CT molecular complexity index is 516. The summed E-state index contributed by atoms with van der Waals surface area (Å²) in [5.41, 5.74) is 0.602. The van der Waals surface area contributed by atoms with Crippen molar-refractivity contribution in [2.24, 2.45) is 11.0 Å². The van der Waals surface area contributed by atoms with Crippen molar-refractivity contribution in [3.63, 3.8) is 0 Å². The number of anilines is 1. The monoisotopic (exact) mass is 310 g/mol. The van der Waals surface area contributed by atoms with Gasteiger partial charge in [-0.2, -0.15) is 10.1 Å². The molecule has 1 amide bonds. The summed E-state index contributed by atoms with van der Waals surface area (Å²) in [6.07, 6.45) is 1.31. The molecule has 1 aromatic carbocycles. The first-order valence-electron chi connectivity index (χ1n) is 5.44. The molecule has 1 atom stereocenters. The first-order chi connectivity index (χ1) is 8.65. The van der Waals surface area contributed by atoms with Gasteiger partial charge in [0.05, 0.1) is 12.3 Å². The van der Waals surface area contributed by atoms with Crippen LogP contribution in [0.5, 0.6) is 0 Å². The molecule has 18 heavy (non-hydrogen) atoms. The molecule has 1 unspecified atom stereocenters. The standard InChI is InChI=1S/C12H11BrN2O3/c1-2-18-12(17)8-7-14-15(11(8)16)10-6-4-3-5-9(10)13/h3-8H,2H2,1H3. The van der Waals surface area contributed by atoms with Crippen molar-refractivity contribution in [1.29, 1.82) is 0 Å². The lowest BCUT2D eigenvalue weighted by atomic mass is 10.1. The van der Waals surface area contributed by atoms with E-state index in [9.17, 15) is 9.59 Å². The van der Waals surface area contributed by atoms with E-state index in [-0.39, 0.29) is 6.61 Å². The number of hydrogen-bond donors (Lipinski definition) is 0. The number of para-hydroxylation sites is 1. The number of hydrogen-bond acceptors (Lipinski definition) is 4. The molecule has 1 heterocycles. The highest BCUT2D eigenvalue weighted by Crippen LogP contribution is 2.29. The van der Waals surface area contributed by atoms with Crippen LogP contribution in [-0.4, -0.2) is 24.7 Å². The maximum Gasteiger partial charge on any atom is 0.324 e. The number of halogens is 1. The van der Waals surface area contributed by atoms with Crippen LogP contribution in [0.2, 0.25) is 0 Å². The van der Waals surface area contributed by atoms with Crippen LogP contribution in [0.4, 0.5) is 5.69 Å². The van der Waals surface area contributed by atoms with E-state index in [0.717, 1.165) is 4.47 Å². The molecular weight excluding hydrogens is 300 g/mol. The number of hydrazone groups is 1. The normalized spacial score (nSPS) is 18.2. The van der Waals surface area contributed by atoms with Gasteiger partial charge in [0.15, 0.2) is 5.92 Å². The molecule has 2 rings (SSSR count). The minimum Gasteiger partial charge on any atom is -0.465 e. The lowest BCUT2D eigenvalue weighted by Crippen LogP contribution is -2.32. The van der Waals surface area contributed by atoms with Crippen LogP contribution in [0.25, 0.3) is 0 Å².